The number of nitrogens with one attached hydrogen (secondary N) is 1. The van der Waals surface area contributed by atoms with Gasteiger partial charge in [-0.2, -0.15) is 4.31 Å². The van der Waals surface area contributed by atoms with E-state index in [1.807, 2.05) is 0 Å². The van der Waals surface area contributed by atoms with Crippen LogP contribution in [0.5, 0.6) is 0 Å². The van der Waals surface area contributed by atoms with Crippen LogP contribution in [0.25, 0.3) is 5.73 Å². The van der Waals surface area contributed by atoms with Crippen molar-refractivity contribution in [2.45, 2.75) is 23.8 Å². The molecule has 7 heteroatoms. The number of hydrogen-bond donors (Lipinski definition) is 0. The lowest BCUT2D eigenvalue weighted by Gasteiger charge is -2.38. The largest absolute Gasteiger partial charge is 0.674 e. The van der Waals surface area contributed by atoms with Gasteiger partial charge in [0, 0.05) is 25.4 Å². The quantitative estimate of drug-likeness (QED) is 0.861. The predicted molar refractivity (Wildman–Crippen MR) is 69.8 cm³/mol. The first-order valence-electron chi connectivity index (χ1n) is 6.46. The molecule has 2 unspecified atom stereocenters. The molecule has 0 bridgehead atoms. The number of halogens is 2. The van der Waals surface area contributed by atoms with Gasteiger partial charge in [0.15, 0.2) is 0 Å². The second kappa shape index (κ2) is 4.47. The van der Waals surface area contributed by atoms with Gasteiger partial charge in [0.25, 0.3) is 5.92 Å². The third kappa shape index (κ3) is 2.04. The Morgan fingerprint density at radius 3 is 2.40 bits per heavy atom. The number of fused-ring (bicyclic) bond motifs is 1. The Balaban J connectivity index is 1.82. The Kier molecular flexibility index (Phi) is 3.11. The molecule has 1 N–H and O–H groups in total. The Bertz CT molecular complexity index is 616. The molecule has 1 heterocycles. The summed E-state index contributed by atoms with van der Waals surface area (Å²) in [5.74, 6) is -3.76. The van der Waals surface area contributed by atoms with Gasteiger partial charge < -0.3 is 5.73 Å². The highest BCUT2D eigenvalue weighted by molar-refractivity contribution is 7.89. The van der Waals surface area contributed by atoms with E-state index in [0.29, 0.717) is 0 Å². The second-order valence-corrected chi connectivity index (χ2v) is 7.41. The molecule has 0 amide bonds. The van der Waals surface area contributed by atoms with Crippen LogP contribution in [-0.2, 0) is 16.6 Å². The van der Waals surface area contributed by atoms with Gasteiger partial charge in [-0.05, 0) is 18.1 Å². The third-order valence-corrected chi connectivity index (χ3v) is 6.10. The smallest absolute Gasteiger partial charge is 0.252 e. The topological polar surface area (TPSA) is 61.2 Å². The molecule has 0 radical (unpaired) electrons. The van der Waals surface area contributed by atoms with Crippen molar-refractivity contribution in [1.29, 1.82) is 0 Å². The minimum atomic E-state index is -3.70. The Morgan fingerprint density at radius 1 is 1.25 bits per heavy atom. The van der Waals surface area contributed by atoms with Crippen LogP contribution in [0, 0.1) is 11.8 Å². The molecule has 1 aromatic rings. The first-order valence-corrected chi connectivity index (χ1v) is 7.90. The Morgan fingerprint density at radius 2 is 1.90 bits per heavy atom. The summed E-state index contributed by atoms with van der Waals surface area (Å²) in [6, 6.07) is 6.05. The van der Waals surface area contributed by atoms with Crippen LogP contribution in [0.4, 0.5) is 8.78 Å². The van der Waals surface area contributed by atoms with E-state index in [2.05, 4.69) is 0 Å². The van der Waals surface area contributed by atoms with E-state index < -0.39 is 21.9 Å². The lowest BCUT2D eigenvalue weighted by molar-refractivity contribution is -0.152. The third-order valence-electron chi connectivity index (χ3n) is 4.25. The molecule has 2 aliphatic rings. The van der Waals surface area contributed by atoms with Gasteiger partial charge in [0.1, 0.15) is 0 Å². The molecule has 1 saturated heterocycles. The highest BCUT2D eigenvalue weighted by Gasteiger charge is 2.61. The summed E-state index contributed by atoms with van der Waals surface area (Å²) in [4.78, 5) is 0.110. The molecular formula is C13H15F2N2O2S-. The van der Waals surface area contributed by atoms with Crippen molar-refractivity contribution >= 4 is 10.0 Å². The SMILES string of the molecule is [NH-]Cc1ccc(S(=O)(=O)N2CC3CC(F)(F)C3C2)cc1. The van der Waals surface area contributed by atoms with Gasteiger partial charge in [-0.15, -0.1) is 6.54 Å². The van der Waals surface area contributed by atoms with Crippen LogP contribution in [-0.4, -0.2) is 31.7 Å². The molecule has 1 saturated carbocycles. The molecule has 0 aromatic heterocycles. The average Bonchev–Trinajstić information content (AvgIpc) is 2.79. The van der Waals surface area contributed by atoms with Crippen LogP contribution < -0.4 is 0 Å². The molecule has 2 atom stereocenters. The number of benzene rings is 1. The molecule has 1 aliphatic carbocycles. The summed E-state index contributed by atoms with van der Waals surface area (Å²) in [5.41, 5.74) is 7.92. The van der Waals surface area contributed by atoms with Crippen molar-refractivity contribution in [1.82, 2.24) is 4.31 Å². The normalized spacial score (nSPS) is 28.9. The lowest BCUT2D eigenvalue weighted by atomic mass is 9.72. The first-order chi connectivity index (χ1) is 9.34. The van der Waals surface area contributed by atoms with Gasteiger partial charge in [0.05, 0.1) is 4.90 Å². The summed E-state index contributed by atoms with van der Waals surface area (Å²) in [7, 11) is -3.70. The molecule has 110 valence electrons. The standard InChI is InChI=1S/C13H15F2N2O2S/c14-13(15)5-10-7-17(8-12(10)13)20(18,19)11-3-1-9(6-16)2-4-11/h1-4,10,12,16H,5-8H2/q-1. The van der Waals surface area contributed by atoms with E-state index in [1.54, 1.807) is 12.1 Å². The molecular weight excluding hydrogens is 286 g/mol. The van der Waals surface area contributed by atoms with E-state index in [-0.39, 0.29) is 36.9 Å². The highest BCUT2D eigenvalue weighted by Crippen LogP contribution is 2.52. The zero-order valence-corrected chi connectivity index (χ0v) is 11.5. The van der Waals surface area contributed by atoms with Crippen molar-refractivity contribution in [3.8, 4) is 0 Å². The fourth-order valence-electron chi connectivity index (χ4n) is 2.98. The highest BCUT2D eigenvalue weighted by atomic mass is 32.2. The van der Waals surface area contributed by atoms with Gasteiger partial charge >= 0.3 is 0 Å². The number of sulfonamides is 1. The minimum absolute atomic E-state index is 0.0837. The summed E-state index contributed by atoms with van der Waals surface area (Å²) in [6.45, 7) is 0.170. The minimum Gasteiger partial charge on any atom is -0.674 e. The summed E-state index contributed by atoms with van der Waals surface area (Å²) < 4.78 is 52.6. The molecule has 2 fully saturated rings. The van der Waals surface area contributed by atoms with E-state index in [0.717, 1.165) is 5.56 Å². The summed E-state index contributed by atoms with van der Waals surface area (Å²) in [6.07, 6.45) is -0.207. The van der Waals surface area contributed by atoms with Crippen LogP contribution >= 0.6 is 0 Å². The molecule has 3 rings (SSSR count). The van der Waals surface area contributed by atoms with E-state index >= 15 is 0 Å². The fraction of sp³-hybridized carbons (Fsp3) is 0.538. The van der Waals surface area contributed by atoms with E-state index in [4.69, 9.17) is 5.73 Å². The van der Waals surface area contributed by atoms with Gasteiger partial charge in [-0.1, -0.05) is 17.7 Å². The molecule has 4 nitrogen and oxygen atoms in total. The van der Waals surface area contributed by atoms with Crippen molar-refractivity contribution in [2.24, 2.45) is 11.8 Å². The lowest BCUT2D eigenvalue weighted by Crippen LogP contribution is -2.46. The maximum Gasteiger partial charge on any atom is 0.252 e. The van der Waals surface area contributed by atoms with E-state index in [9.17, 15) is 17.2 Å². The van der Waals surface area contributed by atoms with Gasteiger partial charge in [-0.3, -0.25) is 0 Å². The number of nitrogens with zero attached hydrogens (tertiary/aromatic N) is 1. The average molecular weight is 301 g/mol. The van der Waals surface area contributed by atoms with Crippen LogP contribution in [0.1, 0.15) is 12.0 Å². The van der Waals surface area contributed by atoms with Crippen molar-refractivity contribution < 1.29 is 17.2 Å². The van der Waals surface area contributed by atoms with Crippen molar-refractivity contribution in [2.75, 3.05) is 13.1 Å². The molecule has 0 spiro atoms. The molecule has 1 aromatic carbocycles. The second-order valence-electron chi connectivity index (χ2n) is 5.47. The van der Waals surface area contributed by atoms with Crippen LogP contribution in [0.2, 0.25) is 0 Å². The maximum absolute atomic E-state index is 13.3. The monoisotopic (exact) mass is 301 g/mol. The Hall–Kier alpha value is -1.05. The summed E-state index contributed by atoms with van der Waals surface area (Å²) >= 11 is 0. The van der Waals surface area contributed by atoms with Gasteiger partial charge in [0.2, 0.25) is 10.0 Å². The van der Waals surface area contributed by atoms with Crippen molar-refractivity contribution in [3.05, 3.63) is 35.6 Å². The predicted octanol–water partition coefficient (Wildman–Crippen LogP) is 2.51. The molecule has 20 heavy (non-hydrogen) atoms. The number of alkyl halides is 2. The van der Waals surface area contributed by atoms with Crippen LogP contribution in [0.3, 0.4) is 0 Å². The van der Waals surface area contributed by atoms with Crippen molar-refractivity contribution in [3.63, 3.8) is 0 Å². The summed E-state index contributed by atoms with van der Waals surface area (Å²) in [5, 5.41) is 0. The fourth-order valence-corrected chi connectivity index (χ4v) is 4.50. The zero-order chi connectivity index (χ0) is 14.5. The van der Waals surface area contributed by atoms with Gasteiger partial charge in [-0.25, -0.2) is 17.2 Å². The molecule has 1 aliphatic heterocycles. The number of rotatable bonds is 3. The first kappa shape index (κ1) is 13.9. The Labute approximate surface area is 116 Å². The maximum atomic E-state index is 13.3. The zero-order valence-electron chi connectivity index (χ0n) is 10.7. The van der Waals surface area contributed by atoms with Crippen LogP contribution in [0.15, 0.2) is 29.2 Å². The van der Waals surface area contributed by atoms with E-state index in [1.165, 1.54) is 16.4 Å². The number of hydrogen-bond acceptors (Lipinski definition) is 2.